The van der Waals surface area contributed by atoms with E-state index in [1.807, 2.05) is 11.5 Å². The smallest absolute Gasteiger partial charge is 0.328 e. The van der Waals surface area contributed by atoms with Crippen LogP contribution in [0.25, 0.3) is 0 Å². The minimum Gasteiger partial charge on any atom is -0.346 e. The minimum atomic E-state index is -0.513. The average molecular weight is 341 g/mol. The van der Waals surface area contributed by atoms with Crippen LogP contribution in [0.4, 0.5) is 10.5 Å². The molecule has 0 radical (unpaired) electrons. The number of imide groups is 1. The number of nitrogens with one attached hydrogen (secondary N) is 2. The summed E-state index contributed by atoms with van der Waals surface area (Å²) in [5.41, 5.74) is 1.76. The van der Waals surface area contributed by atoms with Gasteiger partial charge < -0.3 is 9.88 Å². The van der Waals surface area contributed by atoms with E-state index in [0.29, 0.717) is 17.8 Å². The molecule has 25 heavy (non-hydrogen) atoms. The SMILES string of the molecule is CCn1cncc1CNC(=O)c1ccccc1N1CCC(=O)NC1=O. The fraction of sp³-hybridized carbons (Fsp3) is 0.294. The van der Waals surface area contributed by atoms with Crippen molar-refractivity contribution in [3.05, 3.63) is 48.0 Å². The predicted molar refractivity (Wildman–Crippen MR) is 91.0 cm³/mol. The maximum Gasteiger partial charge on any atom is 0.328 e. The number of imidazole rings is 1. The number of hydrogen-bond donors (Lipinski definition) is 2. The quantitative estimate of drug-likeness (QED) is 0.856. The summed E-state index contributed by atoms with van der Waals surface area (Å²) < 4.78 is 1.94. The molecule has 1 aromatic carbocycles. The van der Waals surface area contributed by atoms with Gasteiger partial charge in [0.1, 0.15) is 0 Å². The van der Waals surface area contributed by atoms with Crippen molar-refractivity contribution in [2.75, 3.05) is 11.4 Å². The van der Waals surface area contributed by atoms with E-state index in [1.165, 1.54) is 4.90 Å². The summed E-state index contributed by atoms with van der Waals surface area (Å²) in [5.74, 6) is -0.597. The summed E-state index contributed by atoms with van der Waals surface area (Å²) in [7, 11) is 0. The van der Waals surface area contributed by atoms with Crippen molar-refractivity contribution in [2.24, 2.45) is 0 Å². The summed E-state index contributed by atoms with van der Waals surface area (Å²) >= 11 is 0. The molecule has 0 bridgehead atoms. The largest absolute Gasteiger partial charge is 0.346 e. The molecule has 1 fully saturated rings. The number of urea groups is 1. The van der Waals surface area contributed by atoms with Gasteiger partial charge >= 0.3 is 6.03 Å². The third kappa shape index (κ3) is 3.52. The van der Waals surface area contributed by atoms with E-state index in [4.69, 9.17) is 0 Å². The Kier molecular flexibility index (Phi) is 4.78. The zero-order chi connectivity index (χ0) is 17.8. The van der Waals surface area contributed by atoms with Gasteiger partial charge in [-0.05, 0) is 19.1 Å². The van der Waals surface area contributed by atoms with Gasteiger partial charge in [-0.3, -0.25) is 19.8 Å². The second kappa shape index (κ2) is 7.16. The topological polar surface area (TPSA) is 96.3 Å². The lowest BCUT2D eigenvalue weighted by Crippen LogP contribution is -2.50. The van der Waals surface area contributed by atoms with Gasteiger partial charge in [-0.25, -0.2) is 9.78 Å². The monoisotopic (exact) mass is 341 g/mol. The van der Waals surface area contributed by atoms with Crippen molar-refractivity contribution < 1.29 is 14.4 Å². The molecule has 0 atom stereocenters. The maximum atomic E-state index is 12.6. The van der Waals surface area contributed by atoms with Crippen LogP contribution in [-0.2, 0) is 17.9 Å². The Labute approximate surface area is 144 Å². The Morgan fingerprint density at radius 1 is 1.32 bits per heavy atom. The maximum absolute atomic E-state index is 12.6. The summed E-state index contributed by atoms with van der Waals surface area (Å²) in [6.45, 7) is 3.35. The number of amides is 4. The van der Waals surface area contributed by atoms with E-state index in [9.17, 15) is 14.4 Å². The number of benzene rings is 1. The molecule has 0 spiro atoms. The lowest BCUT2D eigenvalue weighted by atomic mass is 10.1. The molecule has 130 valence electrons. The average Bonchev–Trinajstić information content (AvgIpc) is 3.07. The van der Waals surface area contributed by atoms with Crippen LogP contribution in [-0.4, -0.2) is 33.9 Å². The van der Waals surface area contributed by atoms with Crippen LogP contribution in [0, 0.1) is 0 Å². The molecule has 8 heteroatoms. The zero-order valence-electron chi connectivity index (χ0n) is 13.9. The Bertz CT molecular complexity index is 814. The van der Waals surface area contributed by atoms with Crippen LogP contribution in [0.2, 0.25) is 0 Å². The molecule has 2 heterocycles. The first-order valence-electron chi connectivity index (χ1n) is 8.07. The molecule has 0 unspecified atom stereocenters. The van der Waals surface area contributed by atoms with Crippen molar-refractivity contribution in [3.63, 3.8) is 0 Å². The Hall–Kier alpha value is -3.16. The second-order valence-electron chi connectivity index (χ2n) is 5.63. The zero-order valence-corrected chi connectivity index (χ0v) is 13.9. The van der Waals surface area contributed by atoms with Gasteiger partial charge in [0, 0.05) is 25.7 Å². The lowest BCUT2D eigenvalue weighted by Gasteiger charge is -2.28. The highest BCUT2D eigenvalue weighted by Crippen LogP contribution is 2.22. The first kappa shape index (κ1) is 16.7. The van der Waals surface area contributed by atoms with Gasteiger partial charge in [-0.1, -0.05) is 12.1 Å². The highest BCUT2D eigenvalue weighted by molar-refractivity contribution is 6.09. The highest BCUT2D eigenvalue weighted by Gasteiger charge is 2.27. The van der Waals surface area contributed by atoms with Crippen LogP contribution in [0.3, 0.4) is 0 Å². The number of aromatic nitrogens is 2. The van der Waals surface area contributed by atoms with Gasteiger partial charge in [0.2, 0.25) is 5.91 Å². The van der Waals surface area contributed by atoms with Gasteiger partial charge in [0.25, 0.3) is 5.91 Å². The van der Waals surface area contributed by atoms with Gasteiger partial charge in [-0.15, -0.1) is 0 Å². The molecular formula is C17H19N5O3. The first-order chi connectivity index (χ1) is 12.1. The van der Waals surface area contributed by atoms with Crippen molar-refractivity contribution >= 4 is 23.5 Å². The van der Waals surface area contributed by atoms with Crippen LogP contribution in [0.15, 0.2) is 36.8 Å². The number of aryl methyl sites for hydroxylation is 1. The van der Waals surface area contributed by atoms with Crippen LogP contribution in [0.5, 0.6) is 0 Å². The lowest BCUT2D eigenvalue weighted by molar-refractivity contribution is -0.120. The number of hydrogen-bond acceptors (Lipinski definition) is 4. The van der Waals surface area contributed by atoms with Crippen molar-refractivity contribution in [1.82, 2.24) is 20.2 Å². The molecule has 1 aromatic heterocycles. The van der Waals surface area contributed by atoms with Gasteiger partial charge in [0.05, 0.1) is 29.8 Å². The number of nitrogens with zero attached hydrogens (tertiary/aromatic N) is 3. The number of carbonyl (C=O) groups is 3. The predicted octanol–water partition coefficient (Wildman–Crippen LogP) is 1.28. The van der Waals surface area contributed by atoms with Crippen LogP contribution < -0.4 is 15.5 Å². The van der Waals surface area contributed by atoms with E-state index in [1.54, 1.807) is 36.8 Å². The molecule has 1 aliphatic rings. The number of anilines is 1. The van der Waals surface area contributed by atoms with E-state index in [2.05, 4.69) is 15.6 Å². The van der Waals surface area contributed by atoms with Crippen molar-refractivity contribution in [2.45, 2.75) is 26.4 Å². The summed E-state index contributed by atoms with van der Waals surface area (Å²) in [6, 6.07) is 6.33. The Morgan fingerprint density at radius 3 is 2.88 bits per heavy atom. The highest BCUT2D eigenvalue weighted by atomic mass is 16.2. The molecule has 4 amide bonds. The van der Waals surface area contributed by atoms with E-state index in [-0.39, 0.29) is 24.8 Å². The summed E-state index contributed by atoms with van der Waals surface area (Å²) in [4.78, 5) is 41.5. The molecular weight excluding hydrogens is 322 g/mol. The van der Waals surface area contributed by atoms with Crippen LogP contribution in [0.1, 0.15) is 29.4 Å². The molecule has 1 saturated heterocycles. The molecule has 8 nitrogen and oxygen atoms in total. The number of rotatable bonds is 5. The molecule has 0 saturated carbocycles. The second-order valence-corrected chi connectivity index (χ2v) is 5.63. The fourth-order valence-corrected chi connectivity index (χ4v) is 2.74. The van der Waals surface area contributed by atoms with Crippen LogP contribution >= 0.6 is 0 Å². The number of para-hydroxylation sites is 1. The normalized spacial score (nSPS) is 14.4. The third-order valence-electron chi connectivity index (χ3n) is 4.06. The molecule has 2 N–H and O–H groups in total. The van der Waals surface area contributed by atoms with Crippen molar-refractivity contribution in [1.29, 1.82) is 0 Å². The Balaban J connectivity index is 1.77. The minimum absolute atomic E-state index is 0.206. The standard InChI is InChI=1S/C17H19N5O3/c1-2-21-11-18-9-12(21)10-19-16(24)13-5-3-4-6-14(13)22-8-7-15(23)20-17(22)25/h3-6,9,11H,2,7-8,10H2,1H3,(H,19,24)(H,20,23,25). The van der Waals surface area contributed by atoms with Gasteiger partial charge in [-0.2, -0.15) is 0 Å². The van der Waals surface area contributed by atoms with E-state index in [0.717, 1.165) is 12.2 Å². The summed E-state index contributed by atoms with van der Waals surface area (Å²) in [5, 5.41) is 5.12. The van der Waals surface area contributed by atoms with Crippen molar-refractivity contribution in [3.8, 4) is 0 Å². The van der Waals surface area contributed by atoms with E-state index >= 15 is 0 Å². The Morgan fingerprint density at radius 2 is 2.12 bits per heavy atom. The molecule has 2 aromatic rings. The fourth-order valence-electron chi connectivity index (χ4n) is 2.74. The number of carbonyl (C=O) groups excluding carboxylic acids is 3. The molecule has 3 rings (SSSR count). The van der Waals surface area contributed by atoms with Gasteiger partial charge in [0.15, 0.2) is 0 Å². The molecule has 1 aliphatic heterocycles. The summed E-state index contributed by atoms with van der Waals surface area (Å²) in [6.07, 6.45) is 3.63. The first-order valence-corrected chi connectivity index (χ1v) is 8.07. The third-order valence-corrected chi connectivity index (χ3v) is 4.06. The van der Waals surface area contributed by atoms with E-state index < -0.39 is 6.03 Å². The molecule has 0 aliphatic carbocycles.